The molecule has 0 bridgehead atoms. The van der Waals surface area contributed by atoms with E-state index in [2.05, 4.69) is 44.8 Å². The second-order valence-electron chi connectivity index (χ2n) is 6.14. The van der Waals surface area contributed by atoms with Gasteiger partial charge in [0.05, 0.1) is 6.61 Å². The largest absolute Gasteiger partial charge is 0.383 e. The molecule has 1 rings (SSSR count). The van der Waals surface area contributed by atoms with E-state index in [1.165, 1.54) is 6.42 Å². The predicted molar refractivity (Wildman–Crippen MR) is 73.4 cm³/mol. The Hall–Kier alpha value is -0.120. The van der Waals surface area contributed by atoms with Gasteiger partial charge in [-0.25, -0.2) is 0 Å². The van der Waals surface area contributed by atoms with Crippen LogP contribution in [0.4, 0.5) is 0 Å². The lowest BCUT2D eigenvalue weighted by molar-refractivity contribution is -0.00791. The minimum atomic E-state index is 0.224. The van der Waals surface area contributed by atoms with Gasteiger partial charge in [-0.05, 0) is 26.7 Å². The molecule has 102 valence electrons. The number of hydrogen-bond donors (Lipinski definition) is 1. The summed E-state index contributed by atoms with van der Waals surface area (Å²) in [6.07, 6.45) is 1.24. The molecule has 0 amide bonds. The van der Waals surface area contributed by atoms with Gasteiger partial charge in [-0.1, -0.05) is 20.3 Å². The number of hydrogen-bond acceptors (Lipinski definition) is 3. The molecule has 0 saturated carbocycles. The van der Waals surface area contributed by atoms with Crippen molar-refractivity contribution in [1.29, 1.82) is 0 Å². The first-order chi connectivity index (χ1) is 7.92. The van der Waals surface area contributed by atoms with Gasteiger partial charge in [0.1, 0.15) is 0 Å². The van der Waals surface area contributed by atoms with E-state index < -0.39 is 0 Å². The van der Waals surface area contributed by atoms with E-state index in [4.69, 9.17) is 4.74 Å². The lowest BCUT2D eigenvalue weighted by Crippen LogP contribution is -2.65. The second kappa shape index (κ2) is 6.17. The highest BCUT2D eigenvalue weighted by atomic mass is 16.5. The maximum absolute atomic E-state index is 5.31. The SMILES string of the molecule is CCC(C)C1CN(C(C)COC)C(C)(C)CN1. The van der Waals surface area contributed by atoms with E-state index in [1.807, 2.05) is 0 Å². The molecule has 1 fully saturated rings. The fraction of sp³-hybridized carbons (Fsp3) is 1.00. The average molecular weight is 242 g/mol. The first-order valence-corrected chi connectivity index (χ1v) is 6.91. The number of nitrogens with one attached hydrogen (secondary N) is 1. The van der Waals surface area contributed by atoms with Crippen LogP contribution in [-0.4, -0.2) is 49.3 Å². The lowest BCUT2D eigenvalue weighted by atomic mass is 9.89. The number of nitrogens with zero attached hydrogens (tertiary/aromatic N) is 1. The van der Waals surface area contributed by atoms with Crippen molar-refractivity contribution in [3.8, 4) is 0 Å². The summed E-state index contributed by atoms with van der Waals surface area (Å²) < 4.78 is 5.31. The zero-order valence-electron chi connectivity index (χ0n) is 12.4. The van der Waals surface area contributed by atoms with E-state index in [9.17, 15) is 0 Å². The molecule has 1 heterocycles. The predicted octanol–water partition coefficient (Wildman–Crippen LogP) is 2.12. The van der Waals surface area contributed by atoms with Crippen LogP contribution in [-0.2, 0) is 4.74 Å². The summed E-state index contributed by atoms with van der Waals surface area (Å²) in [5, 5.41) is 3.70. The normalized spacial score (nSPS) is 28.9. The summed E-state index contributed by atoms with van der Waals surface area (Å²) in [6.45, 7) is 14.5. The molecule has 3 unspecified atom stereocenters. The zero-order chi connectivity index (χ0) is 13.1. The van der Waals surface area contributed by atoms with Gasteiger partial charge >= 0.3 is 0 Å². The summed E-state index contributed by atoms with van der Waals surface area (Å²) in [5.41, 5.74) is 0.224. The van der Waals surface area contributed by atoms with Gasteiger partial charge in [0.15, 0.2) is 0 Å². The highest BCUT2D eigenvalue weighted by Gasteiger charge is 2.37. The van der Waals surface area contributed by atoms with Crippen LogP contribution in [0.15, 0.2) is 0 Å². The quantitative estimate of drug-likeness (QED) is 0.799. The van der Waals surface area contributed by atoms with Crippen molar-refractivity contribution in [1.82, 2.24) is 10.2 Å². The summed E-state index contributed by atoms with van der Waals surface area (Å²) in [5.74, 6) is 0.739. The van der Waals surface area contributed by atoms with Crippen LogP contribution in [0.25, 0.3) is 0 Å². The summed E-state index contributed by atoms with van der Waals surface area (Å²) in [6, 6.07) is 1.11. The van der Waals surface area contributed by atoms with Crippen LogP contribution in [0.5, 0.6) is 0 Å². The van der Waals surface area contributed by atoms with Crippen LogP contribution in [0, 0.1) is 5.92 Å². The third kappa shape index (κ3) is 3.67. The Morgan fingerprint density at radius 2 is 2.06 bits per heavy atom. The monoisotopic (exact) mass is 242 g/mol. The minimum Gasteiger partial charge on any atom is -0.383 e. The third-order valence-corrected chi connectivity index (χ3v) is 4.24. The smallest absolute Gasteiger partial charge is 0.0615 e. The van der Waals surface area contributed by atoms with Crippen molar-refractivity contribution in [2.75, 3.05) is 26.8 Å². The molecular weight excluding hydrogens is 212 g/mol. The Morgan fingerprint density at radius 3 is 2.59 bits per heavy atom. The Morgan fingerprint density at radius 1 is 1.41 bits per heavy atom. The molecule has 0 aromatic carbocycles. The molecule has 17 heavy (non-hydrogen) atoms. The van der Waals surface area contributed by atoms with Crippen molar-refractivity contribution in [3.63, 3.8) is 0 Å². The number of piperazine rings is 1. The van der Waals surface area contributed by atoms with Gasteiger partial charge in [-0.3, -0.25) is 4.90 Å². The molecule has 1 aliphatic rings. The molecule has 3 nitrogen and oxygen atoms in total. The number of rotatable bonds is 5. The molecule has 1 N–H and O–H groups in total. The van der Waals surface area contributed by atoms with Crippen molar-refractivity contribution >= 4 is 0 Å². The fourth-order valence-corrected chi connectivity index (χ4v) is 2.78. The van der Waals surface area contributed by atoms with Crippen molar-refractivity contribution in [2.24, 2.45) is 5.92 Å². The van der Waals surface area contributed by atoms with Gasteiger partial charge in [0, 0.05) is 37.8 Å². The topological polar surface area (TPSA) is 24.5 Å². The number of methoxy groups -OCH3 is 1. The molecule has 0 aromatic heterocycles. The average Bonchev–Trinajstić information content (AvgIpc) is 2.28. The van der Waals surface area contributed by atoms with E-state index in [1.54, 1.807) is 7.11 Å². The molecule has 0 spiro atoms. The van der Waals surface area contributed by atoms with Crippen LogP contribution < -0.4 is 5.32 Å². The van der Waals surface area contributed by atoms with Gasteiger partial charge in [-0.2, -0.15) is 0 Å². The summed E-state index contributed by atoms with van der Waals surface area (Å²) in [7, 11) is 1.79. The highest BCUT2D eigenvalue weighted by molar-refractivity contribution is 4.96. The highest BCUT2D eigenvalue weighted by Crippen LogP contribution is 2.24. The van der Waals surface area contributed by atoms with E-state index in [-0.39, 0.29) is 5.54 Å². The van der Waals surface area contributed by atoms with Gasteiger partial charge in [0.25, 0.3) is 0 Å². The Kier molecular flexibility index (Phi) is 5.42. The maximum Gasteiger partial charge on any atom is 0.0615 e. The van der Waals surface area contributed by atoms with Crippen LogP contribution in [0.3, 0.4) is 0 Å². The van der Waals surface area contributed by atoms with E-state index in [0.717, 1.165) is 25.6 Å². The van der Waals surface area contributed by atoms with Gasteiger partial charge < -0.3 is 10.1 Å². The minimum absolute atomic E-state index is 0.224. The van der Waals surface area contributed by atoms with Gasteiger partial charge in [-0.15, -0.1) is 0 Å². The van der Waals surface area contributed by atoms with Crippen LogP contribution >= 0.6 is 0 Å². The Bertz CT molecular complexity index is 230. The van der Waals surface area contributed by atoms with Crippen molar-refractivity contribution in [3.05, 3.63) is 0 Å². The molecular formula is C14H30N2O. The summed E-state index contributed by atoms with van der Waals surface area (Å²) >= 11 is 0. The van der Waals surface area contributed by atoms with E-state index in [0.29, 0.717) is 12.1 Å². The molecule has 0 aliphatic carbocycles. The molecule has 0 aromatic rings. The first-order valence-electron chi connectivity index (χ1n) is 6.91. The standard InChI is InChI=1S/C14H30N2O/c1-7-11(2)13-8-16(12(3)9-17-6)14(4,5)10-15-13/h11-13,15H,7-10H2,1-6H3. The maximum atomic E-state index is 5.31. The molecule has 1 saturated heterocycles. The third-order valence-electron chi connectivity index (χ3n) is 4.24. The van der Waals surface area contributed by atoms with Crippen molar-refractivity contribution < 1.29 is 4.74 Å². The zero-order valence-corrected chi connectivity index (χ0v) is 12.4. The lowest BCUT2D eigenvalue weighted by Gasteiger charge is -2.50. The molecule has 3 atom stereocenters. The molecule has 1 aliphatic heterocycles. The van der Waals surface area contributed by atoms with Crippen LogP contribution in [0.1, 0.15) is 41.0 Å². The fourth-order valence-electron chi connectivity index (χ4n) is 2.78. The first kappa shape index (κ1) is 14.9. The Balaban J connectivity index is 2.68. The second-order valence-corrected chi connectivity index (χ2v) is 6.14. The Labute approximate surface area is 107 Å². The van der Waals surface area contributed by atoms with E-state index >= 15 is 0 Å². The summed E-state index contributed by atoms with van der Waals surface area (Å²) in [4.78, 5) is 2.60. The number of ether oxygens (including phenoxy) is 1. The molecule has 0 radical (unpaired) electrons. The van der Waals surface area contributed by atoms with Gasteiger partial charge in [0.2, 0.25) is 0 Å². The van der Waals surface area contributed by atoms with Crippen LogP contribution in [0.2, 0.25) is 0 Å². The molecule has 3 heteroatoms. The van der Waals surface area contributed by atoms with Crippen molar-refractivity contribution in [2.45, 2.75) is 58.7 Å².